The second-order valence-electron chi connectivity index (χ2n) is 10.4. The number of aromatic nitrogens is 1. The molecule has 2 aromatic carbocycles. The summed E-state index contributed by atoms with van der Waals surface area (Å²) in [5.74, 6) is -0.0936. The van der Waals surface area contributed by atoms with Gasteiger partial charge >= 0.3 is 0 Å². The maximum absolute atomic E-state index is 13.9. The van der Waals surface area contributed by atoms with Crippen LogP contribution in [0.5, 0.6) is 0 Å². The molecule has 0 bridgehead atoms. The molecule has 0 radical (unpaired) electrons. The molecule has 0 saturated heterocycles. The molecule has 7 nitrogen and oxygen atoms in total. The van der Waals surface area contributed by atoms with E-state index in [0.717, 1.165) is 42.4 Å². The van der Waals surface area contributed by atoms with Crippen LogP contribution in [0.15, 0.2) is 72.9 Å². The van der Waals surface area contributed by atoms with Crippen molar-refractivity contribution in [2.24, 2.45) is 0 Å². The van der Waals surface area contributed by atoms with Gasteiger partial charge in [0.05, 0.1) is 0 Å². The Balaban J connectivity index is 1.56. The summed E-state index contributed by atoms with van der Waals surface area (Å²) in [4.78, 5) is 45.9. The quantitative estimate of drug-likeness (QED) is 0.337. The number of anilines is 2. The maximum Gasteiger partial charge on any atom is 0.248 e. The highest BCUT2D eigenvalue weighted by atomic mass is 16.2. The number of aryl methyl sites for hydroxylation is 2. The molecule has 1 fully saturated rings. The molecule has 1 aliphatic carbocycles. The third-order valence-corrected chi connectivity index (χ3v) is 7.16. The van der Waals surface area contributed by atoms with Crippen molar-refractivity contribution < 1.29 is 14.4 Å². The standard InChI is InChI=1S/C32H38N4O3/c1-23-14-18-25(19-15-23)31(32(39)34-26-9-4-3-5-10-26)36(27-20-16-24(2)17-21-27)30(38)13-8-12-29(37)35-28-11-6-7-22-33-28/h6-7,11,14-22,26,31H,3-5,8-10,12-13H2,1-2H3,(H,34,39)(H,33,35,37)/t31-/m1/s1. The van der Waals surface area contributed by atoms with Gasteiger partial charge in [-0.2, -0.15) is 0 Å². The number of nitrogens with one attached hydrogen (secondary N) is 2. The maximum atomic E-state index is 13.9. The Bertz CT molecular complexity index is 1240. The van der Waals surface area contributed by atoms with Crippen molar-refractivity contribution in [3.8, 4) is 0 Å². The van der Waals surface area contributed by atoms with Gasteiger partial charge in [-0.05, 0) is 62.9 Å². The van der Waals surface area contributed by atoms with Crippen LogP contribution in [0.4, 0.5) is 11.5 Å². The van der Waals surface area contributed by atoms with Gasteiger partial charge < -0.3 is 10.6 Å². The molecule has 39 heavy (non-hydrogen) atoms. The van der Waals surface area contributed by atoms with Crippen molar-refractivity contribution in [2.75, 3.05) is 10.2 Å². The summed E-state index contributed by atoms with van der Waals surface area (Å²) in [5.41, 5.74) is 3.57. The van der Waals surface area contributed by atoms with E-state index >= 15 is 0 Å². The van der Waals surface area contributed by atoms with Crippen molar-refractivity contribution in [1.82, 2.24) is 10.3 Å². The van der Waals surface area contributed by atoms with Crippen LogP contribution in [-0.4, -0.2) is 28.7 Å². The van der Waals surface area contributed by atoms with E-state index in [0.29, 0.717) is 17.9 Å². The molecule has 1 saturated carbocycles. The summed E-state index contributed by atoms with van der Waals surface area (Å²) in [5, 5.41) is 6.01. The topological polar surface area (TPSA) is 91.4 Å². The van der Waals surface area contributed by atoms with Gasteiger partial charge in [-0.1, -0.05) is 72.9 Å². The average molecular weight is 527 g/mol. The Kier molecular flexibility index (Phi) is 9.84. The van der Waals surface area contributed by atoms with E-state index in [2.05, 4.69) is 15.6 Å². The SMILES string of the molecule is Cc1ccc([C@H](C(=O)NC2CCCCC2)N(C(=O)CCCC(=O)Nc2ccccn2)c2ccc(C)cc2)cc1. The van der Waals surface area contributed by atoms with Crippen LogP contribution in [0.25, 0.3) is 0 Å². The second kappa shape index (κ2) is 13.7. The Morgan fingerprint density at radius 2 is 1.54 bits per heavy atom. The fourth-order valence-corrected chi connectivity index (χ4v) is 5.00. The smallest absolute Gasteiger partial charge is 0.248 e. The number of carbonyl (C=O) groups excluding carboxylic acids is 3. The molecule has 4 rings (SSSR count). The Morgan fingerprint density at radius 1 is 0.872 bits per heavy atom. The minimum Gasteiger partial charge on any atom is -0.351 e. The minimum atomic E-state index is -0.815. The number of pyridine rings is 1. The summed E-state index contributed by atoms with van der Waals surface area (Å²) in [7, 11) is 0. The molecule has 0 spiro atoms. The zero-order valence-corrected chi connectivity index (χ0v) is 22.9. The lowest BCUT2D eigenvalue weighted by molar-refractivity contribution is -0.127. The largest absolute Gasteiger partial charge is 0.351 e. The molecule has 1 heterocycles. The molecule has 204 valence electrons. The zero-order valence-electron chi connectivity index (χ0n) is 22.9. The molecular formula is C32H38N4O3. The van der Waals surface area contributed by atoms with Crippen LogP contribution in [0, 0.1) is 13.8 Å². The summed E-state index contributed by atoms with van der Waals surface area (Å²) >= 11 is 0. The van der Waals surface area contributed by atoms with Crippen molar-refractivity contribution >= 4 is 29.2 Å². The number of hydrogen-bond acceptors (Lipinski definition) is 4. The van der Waals surface area contributed by atoms with E-state index in [4.69, 9.17) is 0 Å². The molecule has 0 aliphatic heterocycles. The minimum absolute atomic E-state index is 0.115. The van der Waals surface area contributed by atoms with Gasteiger partial charge in [0.25, 0.3) is 0 Å². The number of nitrogens with zero attached hydrogens (tertiary/aromatic N) is 2. The first-order valence-electron chi connectivity index (χ1n) is 13.9. The van der Waals surface area contributed by atoms with Crippen LogP contribution in [0.1, 0.15) is 74.1 Å². The lowest BCUT2D eigenvalue weighted by Crippen LogP contribution is -2.47. The van der Waals surface area contributed by atoms with Crippen molar-refractivity contribution in [1.29, 1.82) is 0 Å². The van der Waals surface area contributed by atoms with Gasteiger partial charge in [0, 0.05) is 30.8 Å². The van der Waals surface area contributed by atoms with Gasteiger partial charge in [0.1, 0.15) is 11.9 Å². The number of amides is 3. The van der Waals surface area contributed by atoms with Gasteiger partial charge in [-0.25, -0.2) is 4.98 Å². The zero-order chi connectivity index (χ0) is 27.6. The van der Waals surface area contributed by atoms with Crippen LogP contribution in [-0.2, 0) is 14.4 Å². The Hall–Kier alpha value is -4.00. The molecule has 0 unspecified atom stereocenters. The Labute approximate surface area is 231 Å². The van der Waals surface area contributed by atoms with Gasteiger partial charge in [-0.15, -0.1) is 0 Å². The van der Waals surface area contributed by atoms with Crippen molar-refractivity contribution in [2.45, 2.75) is 77.3 Å². The lowest BCUT2D eigenvalue weighted by Gasteiger charge is -2.33. The first-order chi connectivity index (χ1) is 18.9. The number of benzene rings is 2. The molecule has 7 heteroatoms. The van der Waals surface area contributed by atoms with E-state index < -0.39 is 6.04 Å². The van der Waals surface area contributed by atoms with Crippen LogP contribution >= 0.6 is 0 Å². The van der Waals surface area contributed by atoms with Crippen molar-refractivity contribution in [3.05, 3.63) is 89.6 Å². The molecule has 2 N–H and O–H groups in total. The lowest BCUT2D eigenvalue weighted by atomic mass is 9.94. The highest BCUT2D eigenvalue weighted by molar-refractivity contribution is 6.01. The fourth-order valence-electron chi connectivity index (χ4n) is 5.00. The predicted molar refractivity (Wildman–Crippen MR) is 154 cm³/mol. The van der Waals surface area contributed by atoms with Gasteiger partial charge in [0.15, 0.2) is 0 Å². The first kappa shape index (κ1) is 28.0. The van der Waals surface area contributed by atoms with Gasteiger partial charge in [-0.3, -0.25) is 19.3 Å². The van der Waals surface area contributed by atoms with E-state index in [9.17, 15) is 14.4 Å². The van der Waals surface area contributed by atoms with E-state index in [1.807, 2.05) is 62.4 Å². The molecular weight excluding hydrogens is 488 g/mol. The first-order valence-corrected chi connectivity index (χ1v) is 13.9. The summed E-state index contributed by atoms with van der Waals surface area (Å²) in [6, 6.07) is 20.1. The van der Waals surface area contributed by atoms with Crippen molar-refractivity contribution in [3.63, 3.8) is 0 Å². The normalized spacial score (nSPS) is 14.3. The average Bonchev–Trinajstić information content (AvgIpc) is 2.94. The highest BCUT2D eigenvalue weighted by Gasteiger charge is 2.33. The molecule has 3 amide bonds. The number of hydrogen-bond donors (Lipinski definition) is 2. The third-order valence-electron chi connectivity index (χ3n) is 7.16. The summed E-state index contributed by atoms with van der Waals surface area (Å²) in [6.45, 7) is 3.99. The fraction of sp³-hybridized carbons (Fsp3) is 0.375. The summed E-state index contributed by atoms with van der Waals surface area (Å²) in [6.07, 6.45) is 7.56. The second-order valence-corrected chi connectivity index (χ2v) is 10.4. The van der Waals surface area contributed by atoms with E-state index in [1.165, 1.54) is 6.42 Å². The highest BCUT2D eigenvalue weighted by Crippen LogP contribution is 2.30. The van der Waals surface area contributed by atoms with Crippen LogP contribution in [0.2, 0.25) is 0 Å². The molecule has 1 aliphatic rings. The van der Waals surface area contributed by atoms with Crippen LogP contribution in [0.3, 0.4) is 0 Å². The van der Waals surface area contributed by atoms with Gasteiger partial charge in [0.2, 0.25) is 17.7 Å². The monoisotopic (exact) mass is 526 g/mol. The molecule has 1 atom stereocenters. The van der Waals surface area contributed by atoms with E-state index in [-0.39, 0.29) is 36.6 Å². The van der Waals surface area contributed by atoms with Crippen LogP contribution < -0.4 is 15.5 Å². The third kappa shape index (κ3) is 7.99. The van der Waals surface area contributed by atoms with E-state index in [1.54, 1.807) is 29.3 Å². The molecule has 3 aromatic rings. The Morgan fingerprint density at radius 3 is 2.18 bits per heavy atom. The predicted octanol–water partition coefficient (Wildman–Crippen LogP) is 6.03. The molecule has 1 aromatic heterocycles. The number of rotatable bonds is 10. The number of carbonyl (C=O) groups is 3. The summed E-state index contributed by atoms with van der Waals surface area (Å²) < 4.78 is 0.